The monoisotopic (exact) mass is 360 g/mol. The highest BCUT2D eigenvalue weighted by Crippen LogP contribution is 2.24. The molecule has 1 heterocycles. The van der Waals surface area contributed by atoms with Gasteiger partial charge in [0.2, 0.25) is 5.76 Å². The Labute approximate surface area is 157 Å². The average molecular weight is 360 g/mol. The lowest BCUT2D eigenvalue weighted by Crippen LogP contribution is -2.10. The van der Waals surface area contributed by atoms with E-state index in [0.29, 0.717) is 5.69 Å². The van der Waals surface area contributed by atoms with Crippen LogP contribution >= 0.6 is 0 Å². The summed E-state index contributed by atoms with van der Waals surface area (Å²) in [4.78, 5) is 19.3. The van der Waals surface area contributed by atoms with Crippen molar-refractivity contribution in [1.29, 1.82) is 0 Å². The van der Waals surface area contributed by atoms with E-state index in [4.69, 9.17) is 5.11 Å². The summed E-state index contributed by atoms with van der Waals surface area (Å²) in [5, 5.41) is 18.3. The molecule has 0 aliphatic rings. The fourth-order valence-corrected chi connectivity index (χ4v) is 2.97. The van der Waals surface area contributed by atoms with Gasteiger partial charge in [0.15, 0.2) is 0 Å². The van der Waals surface area contributed by atoms with Crippen molar-refractivity contribution in [2.75, 3.05) is 0 Å². The standard InChI is InChI=1S/C22H20N2O3/c25-21(22(26)27)14-19-13-20(24-15-23-19)18(11-16-7-3-1-4-8-16)12-17-9-5-2-6-10-17/h1-10,13-15,18,25H,11-12H2,(H,26,27)/b21-14-. The van der Waals surface area contributed by atoms with Crippen LogP contribution in [0.3, 0.4) is 0 Å². The van der Waals surface area contributed by atoms with Gasteiger partial charge in [0.05, 0.1) is 5.69 Å². The fourth-order valence-electron chi connectivity index (χ4n) is 2.97. The van der Waals surface area contributed by atoms with E-state index in [1.165, 1.54) is 17.5 Å². The largest absolute Gasteiger partial charge is 0.502 e. The van der Waals surface area contributed by atoms with Crippen molar-refractivity contribution in [2.24, 2.45) is 0 Å². The smallest absolute Gasteiger partial charge is 0.371 e. The van der Waals surface area contributed by atoms with Crippen molar-refractivity contribution < 1.29 is 15.0 Å². The molecule has 0 fully saturated rings. The molecule has 0 unspecified atom stereocenters. The second-order valence-corrected chi connectivity index (χ2v) is 6.28. The van der Waals surface area contributed by atoms with E-state index in [2.05, 4.69) is 34.2 Å². The topological polar surface area (TPSA) is 83.3 Å². The molecular weight excluding hydrogens is 340 g/mol. The molecule has 0 radical (unpaired) electrons. The lowest BCUT2D eigenvalue weighted by atomic mass is 9.89. The van der Waals surface area contributed by atoms with Crippen molar-refractivity contribution in [3.63, 3.8) is 0 Å². The molecule has 3 aromatic rings. The van der Waals surface area contributed by atoms with Crippen LogP contribution in [-0.4, -0.2) is 26.2 Å². The molecule has 2 N–H and O–H groups in total. The van der Waals surface area contributed by atoms with Gasteiger partial charge in [0.1, 0.15) is 6.33 Å². The minimum Gasteiger partial charge on any atom is -0.502 e. The van der Waals surface area contributed by atoms with Gasteiger partial charge in [-0.15, -0.1) is 0 Å². The second-order valence-electron chi connectivity index (χ2n) is 6.28. The van der Waals surface area contributed by atoms with E-state index in [1.807, 2.05) is 36.4 Å². The predicted molar refractivity (Wildman–Crippen MR) is 103 cm³/mol. The van der Waals surface area contributed by atoms with Gasteiger partial charge in [0.25, 0.3) is 0 Å². The van der Waals surface area contributed by atoms with Crippen LogP contribution < -0.4 is 0 Å². The van der Waals surface area contributed by atoms with Crippen LogP contribution in [0.25, 0.3) is 6.08 Å². The number of benzene rings is 2. The van der Waals surface area contributed by atoms with E-state index >= 15 is 0 Å². The summed E-state index contributed by atoms with van der Waals surface area (Å²) < 4.78 is 0. The molecule has 0 bridgehead atoms. The van der Waals surface area contributed by atoms with E-state index in [-0.39, 0.29) is 5.92 Å². The van der Waals surface area contributed by atoms with Crippen LogP contribution in [0.5, 0.6) is 0 Å². The molecule has 0 aliphatic heterocycles. The predicted octanol–water partition coefficient (Wildman–Crippen LogP) is 4.03. The van der Waals surface area contributed by atoms with Gasteiger partial charge in [0, 0.05) is 17.7 Å². The van der Waals surface area contributed by atoms with Gasteiger partial charge in [-0.25, -0.2) is 14.8 Å². The van der Waals surface area contributed by atoms with E-state index in [9.17, 15) is 9.90 Å². The molecule has 27 heavy (non-hydrogen) atoms. The Morgan fingerprint density at radius 3 is 1.96 bits per heavy atom. The van der Waals surface area contributed by atoms with Gasteiger partial charge >= 0.3 is 5.97 Å². The van der Waals surface area contributed by atoms with E-state index < -0.39 is 11.7 Å². The molecule has 2 aromatic carbocycles. The summed E-state index contributed by atoms with van der Waals surface area (Å²) in [6.07, 6.45) is 4.12. The number of carboxylic acid groups (broad SMARTS) is 1. The van der Waals surface area contributed by atoms with Gasteiger partial charge < -0.3 is 10.2 Å². The zero-order valence-electron chi connectivity index (χ0n) is 14.7. The average Bonchev–Trinajstić information content (AvgIpc) is 2.69. The molecular formula is C22H20N2O3. The summed E-state index contributed by atoms with van der Waals surface area (Å²) in [7, 11) is 0. The number of carboxylic acids is 1. The molecule has 3 rings (SSSR count). The number of aliphatic hydroxyl groups is 1. The molecule has 0 spiro atoms. The Balaban J connectivity index is 1.92. The lowest BCUT2D eigenvalue weighted by molar-refractivity contribution is -0.135. The normalized spacial score (nSPS) is 11.5. The summed E-state index contributed by atoms with van der Waals surface area (Å²) in [6.45, 7) is 0. The fraction of sp³-hybridized carbons (Fsp3) is 0.136. The highest BCUT2D eigenvalue weighted by atomic mass is 16.4. The quantitative estimate of drug-likeness (QED) is 0.491. The zero-order chi connectivity index (χ0) is 19.1. The Morgan fingerprint density at radius 1 is 0.889 bits per heavy atom. The van der Waals surface area contributed by atoms with E-state index in [1.54, 1.807) is 6.07 Å². The third-order valence-electron chi connectivity index (χ3n) is 4.28. The van der Waals surface area contributed by atoms with Crippen molar-refractivity contribution >= 4 is 12.0 Å². The van der Waals surface area contributed by atoms with Crippen molar-refractivity contribution in [3.8, 4) is 0 Å². The first kappa shape index (κ1) is 18.3. The van der Waals surface area contributed by atoms with Crippen LogP contribution in [-0.2, 0) is 17.6 Å². The third kappa shape index (κ3) is 5.25. The second kappa shape index (κ2) is 8.76. The molecule has 0 amide bonds. The highest BCUT2D eigenvalue weighted by molar-refractivity contribution is 5.88. The number of carbonyl (C=O) groups is 1. The number of aliphatic hydroxyl groups excluding tert-OH is 1. The minimum atomic E-state index is -1.39. The number of rotatable bonds is 7. The summed E-state index contributed by atoms with van der Waals surface area (Å²) >= 11 is 0. The van der Waals surface area contributed by atoms with Crippen LogP contribution in [0.15, 0.2) is 78.8 Å². The maximum atomic E-state index is 10.8. The van der Waals surface area contributed by atoms with Crippen molar-refractivity contribution in [1.82, 2.24) is 9.97 Å². The number of nitrogens with zero attached hydrogens (tertiary/aromatic N) is 2. The number of hydrogen-bond donors (Lipinski definition) is 2. The Bertz CT molecular complexity index is 883. The van der Waals surface area contributed by atoms with Crippen LogP contribution in [0, 0.1) is 0 Å². The molecule has 0 saturated heterocycles. The molecule has 0 saturated carbocycles. The Kier molecular flexibility index (Phi) is 5.94. The van der Waals surface area contributed by atoms with Crippen molar-refractivity contribution in [3.05, 3.63) is 101 Å². The van der Waals surface area contributed by atoms with Gasteiger partial charge in [-0.05, 0) is 30.0 Å². The molecule has 136 valence electrons. The number of hydrogen-bond acceptors (Lipinski definition) is 4. The molecule has 5 nitrogen and oxygen atoms in total. The van der Waals surface area contributed by atoms with Crippen LogP contribution in [0.1, 0.15) is 28.4 Å². The zero-order valence-corrected chi connectivity index (χ0v) is 14.7. The number of aliphatic carboxylic acids is 1. The molecule has 5 heteroatoms. The molecule has 0 atom stereocenters. The first-order valence-electron chi connectivity index (χ1n) is 8.65. The Morgan fingerprint density at radius 2 is 1.44 bits per heavy atom. The highest BCUT2D eigenvalue weighted by Gasteiger charge is 2.16. The van der Waals surface area contributed by atoms with Gasteiger partial charge in [-0.3, -0.25) is 0 Å². The maximum Gasteiger partial charge on any atom is 0.371 e. The van der Waals surface area contributed by atoms with E-state index in [0.717, 1.165) is 24.6 Å². The Hall–Kier alpha value is -3.47. The molecule has 0 aliphatic carbocycles. The number of aromatic nitrogens is 2. The first-order valence-corrected chi connectivity index (χ1v) is 8.65. The van der Waals surface area contributed by atoms with Gasteiger partial charge in [-0.1, -0.05) is 60.7 Å². The third-order valence-corrected chi connectivity index (χ3v) is 4.28. The first-order chi connectivity index (χ1) is 13.1. The summed E-state index contributed by atoms with van der Waals surface area (Å²) in [5.41, 5.74) is 3.57. The summed E-state index contributed by atoms with van der Waals surface area (Å²) in [6, 6.07) is 22.1. The lowest BCUT2D eigenvalue weighted by Gasteiger charge is -2.17. The SMILES string of the molecule is O=C(O)/C(O)=C/c1cc(C(Cc2ccccc2)Cc2ccccc2)ncn1. The van der Waals surface area contributed by atoms with Gasteiger partial charge in [-0.2, -0.15) is 0 Å². The van der Waals surface area contributed by atoms with Crippen molar-refractivity contribution in [2.45, 2.75) is 18.8 Å². The maximum absolute atomic E-state index is 10.8. The summed E-state index contributed by atoms with van der Waals surface area (Å²) in [5.74, 6) is -2.04. The molecule has 1 aromatic heterocycles. The van der Waals surface area contributed by atoms with Crippen LogP contribution in [0.4, 0.5) is 0 Å². The van der Waals surface area contributed by atoms with Crippen LogP contribution in [0.2, 0.25) is 0 Å². The minimum absolute atomic E-state index is 0.0944.